The van der Waals surface area contributed by atoms with E-state index in [-0.39, 0.29) is 6.61 Å². The summed E-state index contributed by atoms with van der Waals surface area (Å²) in [4.78, 5) is 2.19. The van der Waals surface area contributed by atoms with Gasteiger partial charge in [-0.1, -0.05) is 34.1 Å². The largest absolute Gasteiger partial charge is 0.396 e. The summed E-state index contributed by atoms with van der Waals surface area (Å²) in [7, 11) is 4.14. The average Bonchev–Trinajstić information content (AvgIpc) is 2.20. The van der Waals surface area contributed by atoms with Crippen LogP contribution in [0.1, 0.15) is 24.4 Å². The third kappa shape index (κ3) is 3.59. The first-order valence-electron chi connectivity index (χ1n) is 5.18. The molecule has 0 bridgehead atoms. The maximum absolute atomic E-state index is 8.88. The summed E-state index contributed by atoms with van der Waals surface area (Å²) < 4.78 is 1.14. The van der Waals surface area contributed by atoms with Crippen LogP contribution in [0.2, 0.25) is 0 Å². The number of aliphatic hydroxyl groups is 1. The van der Waals surface area contributed by atoms with Crippen molar-refractivity contribution in [3.63, 3.8) is 0 Å². The molecule has 1 unspecified atom stereocenters. The number of rotatable bonds is 5. The van der Waals surface area contributed by atoms with Gasteiger partial charge in [0.2, 0.25) is 0 Å². The predicted octanol–water partition coefficient (Wildman–Crippen LogP) is 2.82. The number of hydrogen-bond acceptors (Lipinski definition) is 2. The number of nitrogens with zero attached hydrogens (tertiary/aromatic N) is 1. The molecule has 1 rings (SSSR count). The van der Waals surface area contributed by atoms with Crippen molar-refractivity contribution in [1.29, 1.82) is 0 Å². The molecule has 15 heavy (non-hydrogen) atoms. The van der Waals surface area contributed by atoms with Gasteiger partial charge in [0.15, 0.2) is 0 Å². The van der Waals surface area contributed by atoms with E-state index in [2.05, 4.69) is 53.1 Å². The highest BCUT2D eigenvalue weighted by Gasteiger charge is 2.15. The lowest BCUT2D eigenvalue weighted by Crippen LogP contribution is -2.20. The summed E-state index contributed by atoms with van der Waals surface area (Å²) in [5.41, 5.74) is 1.29. The molecule has 0 saturated heterocycles. The van der Waals surface area contributed by atoms with E-state index in [1.165, 1.54) is 5.56 Å². The van der Waals surface area contributed by atoms with Gasteiger partial charge in [0, 0.05) is 17.1 Å². The molecule has 0 amide bonds. The van der Waals surface area contributed by atoms with Gasteiger partial charge in [-0.05, 0) is 38.6 Å². The van der Waals surface area contributed by atoms with Crippen LogP contribution in [0.15, 0.2) is 28.7 Å². The Hall–Kier alpha value is -0.380. The van der Waals surface area contributed by atoms with Gasteiger partial charge in [-0.3, -0.25) is 0 Å². The maximum Gasteiger partial charge on any atom is 0.0431 e. The van der Waals surface area contributed by atoms with Crippen LogP contribution in [0.4, 0.5) is 0 Å². The van der Waals surface area contributed by atoms with Gasteiger partial charge in [0.1, 0.15) is 0 Å². The fourth-order valence-corrected chi connectivity index (χ4v) is 2.27. The number of halogens is 1. The lowest BCUT2D eigenvalue weighted by molar-refractivity contribution is 0.235. The molecule has 0 heterocycles. The van der Waals surface area contributed by atoms with Gasteiger partial charge >= 0.3 is 0 Å². The van der Waals surface area contributed by atoms with Gasteiger partial charge in [-0.25, -0.2) is 0 Å². The molecular weight excluding hydrogens is 254 g/mol. The lowest BCUT2D eigenvalue weighted by Gasteiger charge is -2.25. The van der Waals surface area contributed by atoms with Crippen LogP contribution in [0.5, 0.6) is 0 Å². The molecule has 0 aromatic heterocycles. The number of hydrogen-bond donors (Lipinski definition) is 1. The standard InChI is InChI=1S/C12H18BrNO/c1-14(2)12(8-5-9-15)10-6-3-4-7-11(10)13/h3-4,6-7,12,15H,5,8-9H2,1-2H3. The molecule has 84 valence electrons. The van der Waals surface area contributed by atoms with Crippen LogP contribution >= 0.6 is 15.9 Å². The van der Waals surface area contributed by atoms with Crippen LogP contribution in [0.3, 0.4) is 0 Å². The van der Waals surface area contributed by atoms with Crippen LogP contribution in [-0.2, 0) is 0 Å². The Morgan fingerprint density at radius 2 is 2.00 bits per heavy atom. The van der Waals surface area contributed by atoms with Gasteiger partial charge in [-0.15, -0.1) is 0 Å². The third-order valence-corrected chi connectivity index (χ3v) is 3.25. The fourth-order valence-electron chi connectivity index (χ4n) is 1.72. The van der Waals surface area contributed by atoms with Crippen molar-refractivity contribution in [3.8, 4) is 0 Å². The SMILES string of the molecule is CN(C)C(CCCO)c1ccccc1Br. The molecule has 0 saturated carbocycles. The zero-order chi connectivity index (χ0) is 11.3. The van der Waals surface area contributed by atoms with Gasteiger partial charge in [0.05, 0.1) is 0 Å². The minimum atomic E-state index is 0.259. The molecule has 1 N–H and O–H groups in total. The molecule has 1 atom stereocenters. The van der Waals surface area contributed by atoms with Crippen molar-refractivity contribution >= 4 is 15.9 Å². The van der Waals surface area contributed by atoms with E-state index in [4.69, 9.17) is 5.11 Å². The topological polar surface area (TPSA) is 23.5 Å². The van der Waals surface area contributed by atoms with Crippen molar-refractivity contribution < 1.29 is 5.11 Å². The maximum atomic E-state index is 8.88. The molecule has 1 aromatic carbocycles. The molecule has 0 aliphatic rings. The second kappa shape index (κ2) is 6.26. The molecule has 0 aliphatic heterocycles. The van der Waals surface area contributed by atoms with Crippen molar-refractivity contribution in [2.75, 3.05) is 20.7 Å². The second-order valence-corrected chi connectivity index (χ2v) is 4.72. The van der Waals surface area contributed by atoms with Crippen molar-refractivity contribution in [3.05, 3.63) is 34.3 Å². The van der Waals surface area contributed by atoms with Gasteiger partial charge in [0.25, 0.3) is 0 Å². The third-order valence-electron chi connectivity index (χ3n) is 2.52. The molecule has 0 radical (unpaired) electrons. The first-order valence-corrected chi connectivity index (χ1v) is 5.98. The number of aliphatic hydroxyl groups excluding tert-OH is 1. The van der Waals surface area contributed by atoms with Crippen molar-refractivity contribution in [1.82, 2.24) is 4.90 Å². The van der Waals surface area contributed by atoms with Crippen LogP contribution in [0.25, 0.3) is 0 Å². The van der Waals surface area contributed by atoms with Crippen LogP contribution < -0.4 is 0 Å². The summed E-state index contributed by atoms with van der Waals surface area (Å²) in [5, 5.41) is 8.88. The van der Waals surface area contributed by atoms with Crippen LogP contribution in [-0.4, -0.2) is 30.7 Å². The highest BCUT2D eigenvalue weighted by molar-refractivity contribution is 9.10. The van der Waals surface area contributed by atoms with E-state index in [1.54, 1.807) is 0 Å². The Balaban J connectivity index is 2.84. The first-order chi connectivity index (χ1) is 7.16. The quantitative estimate of drug-likeness (QED) is 0.891. The Labute approximate surface area is 100 Å². The fraction of sp³-hybridized carbons (Fsp3) is 0.500. The summed E-state index contributed by atoms with van der Waals surface area (Å²) in [5.74, 6) is 0. The average molecular weight is 272 g/mol. The number of benzene rings is 1. The van der Waals surface area contributed by atoms with E-state index in [0.717, 1.165) is 17.3 Å². The summed E-state index contributed by atoms with van der Waals surface area (Å²) in [6, 6.07) is 8.63. The highest BCUT2D eigenvalue weighted by Crippen LogP contribution is 2.29. The monoisotopic (exact) mass is 271 g/mol. The van der Waals surface area contributed by atoms with E-state index in [1.807, 2.05) is 6.07 Å². The van der Waals surface area contributed by atoms with Gasteiger partial charge in [-0.2, -0.15) is 0 Å². The van der Waals surface area contributed by atoms with Gasteiger partial charge < -0.3 is 10.0 Å². The minimum Gasteiger partial charge on any atom is -0.396 e. The summed E-state index contributed by atoms with van der Waals surface area (Å²) in [6.45, 7) is 0.259. The molecule has 0 spiro atoms. The lowest BCUT2D eigenvalue weighted by atomic mass is 10.0. The van der Waals surface area contributed by atoms with E-state index >= 15 is 0 Å². The van der Waals surface area contributed by atoms with Crippen molar-refractivity contribution in [2.45, 2.75) is 18.9 Å². The zero-order valence-corrected chi connectivity index (χ0v) is 10.9. The van der Waals surface area contributed by atoms with E-state index in [0.29, 0.717) is 6.04 Å². The Morgan fingerprint density at radius 3 is 2.53 bits per heavy atom. The van der Waals surface area contributed by atoms with Crippen molar-refractivity contribution in [2.24, 2.45) is 0 Å². The van der Waals surface area contributed by atoms with E-state index in [9.17, 15) is 0 Å². The Bertz CT molecular complexity index is 301. The van der Waals surface area contributed by atoms with Crippen LogP contribution in [0, 0.1) is 0 Å². The highest BCUT2D eigenvalue weighted by atomic mass is 79.9. The molecule has 2 nitrogen and oxygen atoms in total. The summed E-state index contributed by atoms with van der Waals surface area (Å²) in [6.07, 6.45) is 1.82. The molecule has 0 aliphatic carbocycles. The second-order valence-electron chi connectivity index (χ2n) is 3.87. The first kappa shape index (κ1) is 12.7. The smallest absolute Gasteiger partial charge is 0.0431 e. The predicted molar refractivity (Wildman–Crippen MR) is 66.9 cm³/mol. The van der Waals surface area contributed by atoms with E-state index < -0.39 is 0 Å². The summed E-state index contributed by atoms with van der Waals surface area (Å²) >= 11 is 3.57. The Kier molecular flexibility index (Phi) is 5.29. The molecule has 1 aromatic rings. The Morgan fingerprint density at radius 1 is 1.33 bits per heavy atom. The molecule has 3 heteroatoms. The molecule has 0 fully saturated rings. The minimum absolute atomic E-state index is 0.259. The zero-order valence-electron chi connectivity index (χ0n) is 9.28. The molecular formula is C12H18BrNO. The normalized spacial score (nSPS) is 13.1.